The van der Waals surface area contributed by atoms with Gasteiger partial charge in [-0.3, -0.25) is 4.98 Å². The average Bonchev–Trinajstić information content (AvgIpc) is 2.36. The van der Waals surface area contributed by atoms with Gasteiger partial charge in [0.05, 0.1) is 37.8 Å². The number of nitrogens with zero attached hydrogens (tertiary/aromatic N) is 1. The molecule has 0 radical (unpaired) electrons. The van der Waals surface area contributed by atoms with Crippen molar-refractivity contribution in [3.63, 3.8) is 0 Å². The lowest BCUT2D eigenvalue weighted by atomic mass is 10.2. The summed E-state index contributed by atoms with van der Waals surface area (Å²) in [4.78, 5) is 4.25. The highest BCUT2D eigenvalue weighted by molar-refractivity contribution is 6.40. The predicted octanol–water partition coefficient (Wildman–Crippen LogP) is 6.06. The number of anilines is 2. The summed E-state index contributed by atoms with van der Waals surface area (Å²) in [6, 6.07) is 5.12. The summed E-state index contributed by atoms with van der Waals surface area (Å²) in [6.45, 7) is 3.63. The molecular formula is C13H10Cl4N2. The Bertz CT molecular complexity index is 615. The first kappa shape index (κ1) is 14.7. The second-order valence-corrected chi connectivity index (χ2v) is 5.63. The fourth-order valence-electron chi connectivity index (χ4n) is 1.65. The Morgan fingerprint density at radius 1 is 0.947 bits per heavy atom. The summed E-state index contributed by atoms with van der Waals surface area (Å²) in [6.07, 6.45) is 0. The summed E-state index contributed by atoms with van der Waals surface area (Å²) in [5.74, 6) is 0. The molecule has 0 spiro atoms. The average molecular weight is 336 g/mol. The van der Waals surface area contributed by atoms with E-state index in [-0.39, 0.29) is 0 Å². The quantitative estimate of drug-likeness (QED) is 0.721. The van der Waals surface area contributed by atoms with Crippen molar-refractivity contribution < 1.29 is 0 Å². The van der Waals surface area contributed by atoms with Gasteiger partial charge in [0.1, 0.15) is 0 Å². The van der Waals surface area contributed by atoms with E-state index in [2.05, 4.69) is 10.3 Å². The van der Waals surface area contributed by atoms with Gasteiger partial charge in [0.25, 0.3) is 0 Å². The number of hydrogen-bond acceptors (Lipinski definition) is 2. The number of rotatable bonds is 2. The molecule has 0 aliphatic rings. The second-order valence-electron chi connectivity index (χ2n) is 4.03. The van der Waals surface area contributed by atoms with E-state index in [4.69, 9.17) is 46.4 Å². The van der Waals surface area contributed by atoms with Crippen molar-refractivity contribution in [1.82, 2.24) is 4.98 Å². The van der Waals surface area contributed by atoms with Crippen LogP contribution in [0.15, 0.2) is 18.2 Å². The van der Waals surface area contributed by atoms with Gasteiger partial charge in [-0.2, -0.15) is 0 Å². The molecule has 0 saturated carbocycles. The number of hydrogen-bond donors (Lipinski definition) is 1. The molecule has 6 heteroatoms. The van der Waals surface area contributed by atoms with Gasteiger partial charge in [-0.1, -0.05) is 46.4 Å². The van der Waals surface area contributed by atoms with Gasteiger partial charge >= 0.3 is 0 Å². The normalized spacial score (nSPS) is 10.6. The molecule has 1 N–H and O–H groups in total. The molecule has 2 aromatic rings. The second kappa shape index (κ2) is 5.76. The number of halogens is 4. The van der Waals surface area contributed by atoms with Gasteiger partial charge in [-0.15, -0.1) is 0 Å². The minimum atomic E-state index is 0.464. The van der Waals surface area contributed by atoms with E-state index in [1.54, 1.807) is 18.2 Å². The van der Waals surface area contributed by atoms with Crippen LogP contribution >= 0.6 is 46.4 Å². The first-order valence-electron chi connectivity index (χ1n) is 5.44. The zero-order chi connectivity index (χ0) is 14.2. The fourth-order valence-corrected chi connectivity index (χ4v) is 2.40. The van der Waals surface area contributed by atoms with Crippen molar-refractivity contribution in [3.05, 3.63) is 49.7 Å². The number of aromatic nitrogens is 1. The zero-order valence-electron chi connectivity index (χ0n) is 10.2. The lowest BCUT2D eigenvalue weighted by Crippen LogP contribution is -1.99. The van der Waals surface area contributed by atoms with Crippen LogP contribution in [0.25, 0.3) is 0 Å². The summed E-state index contributed by atoms with van der Waals surface area (Å²) in [7, 11) is 0. The summed E-state index contributed by atoms with van der Waals surface area (Å²) < 4.78 is 0. The molecule has 0 atom stereocenters. The molecule has 100 valence electrons. The van der Waals surface area contributed by atoms with Crippen LogP contribution in [-0.2, 0) is 0 Å². The van der Waals surface area contributed by atoms with Crippen molar-refractivity contribution in [2.24, 2.45) is 0 Å². The molecule has 0 amide bonds. The van der Waals surface area contributed by atoms with Crippen molar-refractivity contribution in [2.45, 2.75) is 13.8 Å². The molecule has 1 heterocycles. The van der Waals surface area contributed by atoms with E-state index < -0.39 is 0 Å². The minimum Gasteiger partial charge on any atom is -0.352 e. The highest BCUT2D eigenvalue weighted by Crippen LogP contribution is 2.38. The van der Waals surface area contributed by atoms with Crippen molar-refractivity contribution >= 4 is 57.8 Å². The summed E-state index contributed by atoms with van der Waals surface area (Å²) in [5.41, 5.74) is 2.62. The SMILES string of the molecule is Cc1nc(C)c(Cl)c(Nc2cc(Cl)ccc2Cl)c1Cl. The molecule has 19 heavy (non-hydrogen) atoms. The molecule has 0 bridgehead atoms. The predicted molar refractivity (Wildman–Crippen MR) is 83.5 cm³/mol. The molecule has 0 aliphatic carbocycles. The number of pyridine rings is 1. The van der Waals surface area contributed by atoms with Crippen LogP contribution in [0.2, 0.25) is 20.1 Å². The molecule has 0 aliphatic heterocycles. The molecule has 1 aromatic heterocycles. The smallest absolute Gasteiger partial charge is 0.0868 e. The number of benzene rings is 1. The van der Waals surface area contributed by atoms with Gasteiger partial charge in [0.15, 0.2) is 0 Å². The van der Waals surface area contributed by atoms with Crippen LogP contribution in [0.4, 0.5) is 11.4 Å². The van der Waals surface area contributed by atoms with Crippen LogP contribution in [0.5, 0.6) is 0 Å². The Hall–Kier alpha value is -0.670. The largest absolute Gasteiger partial charge is 0.352 e. The first-order valence-corrected chi connectivity index (χ1v) is 6.95. The van der Waals surface area contributed by atoms with E-state index in [0.29, 0.717) is 42.9 Å². The molecule has 0 fully saturated rings. The third-order valence-corrected chi connectivity index (χ3v) is 4.09. The summed E-state index contributed by atoms with van der Waals surface area (Å²) >= 11 is 24.5. The Morgan fingerprint density at radius 2 is 1.53 bits per heavy atom. The Balaban J connectivity index is 2.52. The van der Waals surface area contributed by atoms with Gasteiger partial charge < -0.3 is 5.32 Å². The standard InChI is InChI=1S/C13H10Cl4N2/c1-6-11(16)13(12(17)7(2)18-6)19-10-5-8(14)3-4-9(10)15/h3-5H,1-2H3,(H,18,19). The molecule has 2 nitrogen and oxygen atoms in total. The van der Waals surface area contributed by atoms with E-state index in [1.165, 1.54) is 0 Å². The highest BCUT2D eigenvalue weighted by atomic mass is 35.5. The Kier molecular flexibility index (Phi) is 4.46. The van der Waals surface area contributed by atoms with E-state index in [1.807, 2.05) is 13.8 Å². The number of nitrogens with one attached hydrogen (secondary N) is 1. The highest BCUT2D eigenvalue weighted by Gasteiger charge is 2.14. The van der Waals surface area contributed by atoms with E-state index in [0.717, 1.165) is 0 Å². The maximum Gasteiger partial charge on any atom is 0.0868 e. The Labute approximate surface area is 131 Å². The van der Waals surface area contributed by atoms with E-state index >= 15 is 0 Å². The van der Waals surface area contributed by atoms with Crippen LogP contribution in [-0.4, -0.2) is 4.98 Å². The van der Waals surface area contributed by atoms with Gasteiger partial charge in [0, 0.05) is 5.02 Å². The van der Waals surface area contributed by atoms with Crippen molar-refractivity contribution in [1.29, 1.82) is 0 Å². The van der Waals surface area contributed by atoms with Crippen LogP contribution in [0, 0.1) is 13.8 Å². The molecular weight excluding hydrogens is 326 g/mol. The minimum absolute atomic E-state index is 0.464. The topological polar surface area (TPSA) is 24.9 Å². The molecule has 2 rings (SSSR count). The Morgan fingerprint density at radius 3 is 2.11 bits per heavy atom. The molecule has 0 unspecified atom stereocenters. The lowest BCUT2D eigenvalue weighted by molar-refractivity contribution is 1.12. The maximum atomic E-state index is 6.23. The third-order valence-electron chi connectivity index (χ3n) is 2.60. The van der Waals surface area contributed by atoms with Crippen molar-refractivity contribution in [3.8, 4) is 0 Å². The lowest BCUT2D eigenvalue weighted by Gasteiger charge is -2.14. The molecule has 0 saturated heterocycles. The van der Waals surface area contributed by atoms with Gasteiger partial charge in [-0.05, 0) is 32.0 Å². The molecule has 1 aromatic carbocycles. The number of aryl methyl sites for hydroxylation is 2. The first-order chi connectivity index (χ1) is 8.90. The van der Waals surface area contributed by atoms with Crippen LogP contribution < -0.4 is 5.32 Å². The monoisotopic (exact) mass is 334 g/mol. The van der Waals surface area contributed by atoms with Crippen molar-refractivity contribution in [2.75, 3.05) is 5.32 Å². The van der Waals surface area contributed by atoms with Crippen LogP contribution in [0.3, 0.4) is 0 Å². The van der Waals surface area contributed by atoms with E-state index in [9.17, 15) is 0 Å². The van der Waals surface area contributed by atoms with Crippen LogP contribution in [0.1, 0.15) is 11.4 Å². The maximum absolute atomic E-state index is 6.23. The fraction of sp³-hybridized carbons (Fsp3) is 0.154. The summed E-state index contributed by atoms with van der Waals surface area (Å²) in [5, 5.41) is 5.14. The van der Waals surface area contributed by atoms with Gasteiger partial charge in [0.2, 0.25) is 0 Å². The zero-order valence-corrected chi connectivity index (χ0v) is 13.2. The van der Waals surface area contributed by atoms with Gasteiger partial charge in [-0.25, -0.2) is 0 Å². The third kappa shape index (κ3) is 3.09.